The van der Waals surface area contributed by atoms with E-state index in [0.717, 1.165) is 16.0 Å². The van der Waals surface area contributed by atoms with Gasteiger partial charge in [0.15, 0.2) is 12.1 Å². The third kappa shape index (κ3) is 3.44. The molecule has 162 valence electrons. The number of pyridine rings is 1. The van der Waals surface area contributed by atoms with Gasteiger partial charge in [-0.1, -0.05) is 12.1 Å². The van der Waals surface area contributed by atoms with Crippen molar-refractivity contribution in [2.24, 2.45) is 0 Å². The number of carboxylic acids is 1. The lowest BCUT2D eigenvalue weighted by molar-refractivity contribution is 0.0697. The molecular weight excluding hydrogens is 410 g/mol. The SMILES string of the molecule is [C-]#[N+]c1c(C)c(CCC2Oc3ccccc3N2C)c(O)n(-c2ccc(C(=O)O)cc2)c1=O. The van der Waals surface area contributed by atoms with E-state index in [4.69, 9.17) is 16.4 Å². The number of carbonyl (C=O) groups is 1. The van der Waals surface area contributed by atoms with Gasteiger partial charge in [0.05, 0.1) is 23.5 Å². The van der Waals surface area contributed by atoms with E-state index >= 15 is 0 Å². The quantitative estimate of drug-likeness (QED) is 0.595. The number of carboxylic acid groups (broad SMARTS) is 1. The second-order valence-corrected chi connectivity index (χ2v) is 7.57. The van der Waals surface area contributed by atoms with Gasteiger partial charge in [-0.05, 0) is 55.3 Å². The van der Waals surface area contributed by atoms with Gasteiger partial charge in [-0.3, -0.25) is 9.36 Å². The molecule has 4 rings (SSSR count). The number of hydrogen-bond donors (Lipinski definition) is 2. The third-order valence-corrected chi connectivity index (χ3v) is 5.76. The molecule has 2 N–H and O–H groups in total. The number of fused-ring (bicyclic) bond motifs is 1. The zero-order chi connectivity index (χ0) is 23.0. The van der Waals surface area contributed by atoms with Crippen molar-refractivity contribution in [2.75, 3.05) is 11.9 Å². The molecule has 0 saturated carbocycles. The zero-order valence-corrected chi connectivity index (χ0v) is 17.6. The minimum atomic E-state index is -1.10. The van der Waals surface area contributed by atoms with Crippen molar-refractivity contribution >= 4 is 17.3 Å². The van der Waals surface area contributed by atoms with E-state index in [1.807, 2.05) is 36.2 Å². The maximum atomic E-state index is 12.9. The highest BCUT2D eigenvalue weighted by Gasteiger charge is 2.28. The normalized spacial score (nSPS) is 14.5. The molecule has 1 unspecified atom stereocenters. The molecule has 8 nitrogen and oxygen atoms in total. The first-order chi connectivity index (χ1) is 15.3. The molecule has 1 aromatic heterocycles. The summed E-state index contributed by atoms with van der Waals surface area (Å²) in [7, 11) is 1.93. The van der Waals surface area contributed by atoms with Crippen LogP contribution in [0.4, 0.5) is 11.4 Å². The van der Waals surface area contributed by atoms with Crippen LogP contribution in [0.5, 0.6) is 11.6 Å². The van der Waals surface area contributed by atoms with Crippen molar-refractivity contribution in [2.45, 2.75) is 26.0 Å². The maximum absolute atomic E-state index is 12.9. The molecule has 0 fully saturated rings. The number of nitrogens with zero attached hydrogens (tertiary/aromatic N) is 3. The van der Waals surface area contributed by atoms with Gasteiger partial charge in [-0.15, -0.1) is 0 Å². The van der Waals surface area contributed by atoms with Crippen molar-refractivity contribution in [3.05, 3.63) is 87.0 Å². The molecule has 2 aromatic carbocycles. The highest BCUT2D eigenvalue weighted by Crippen LogP contribution is 2.38. The molecule has 2 heterocycles. The smallest absolute Gasteiger partial charge is 0.335 e. The standard InChI is InChI=1S/C24H21N3O5/c1-14-17(12-13-20-26(3)18-6-4-5-7-19(18)32-20)22(28)27(23(29)21(14)25-2)16-10-8-15(9-11-16)24(30)31/h4-11,20,28H,12-13H2,1,3H3,(H,30,31). The van der Waals surface area contributed by atoms with Crippen LogP contribution in [0.15, 0.2) is 53.3 Å². The van der Waals surface area contributed by atoms with E-state index in [9.17, 15) is 14.7 Å². The summed E-state index contributed by atoms with van der Waals surface area (Å²) in [6.45, 7) is 9.13. The van der Waals surface area contributed by atoms with E-state index in [1.54, 1.807) is 6.92 Å². The van der Waals surface area contributed by atoms with Crippen molar-refractivity contribution < 1.29 is 19.7 Å². The second kappa shape index (κ2) is 8.12. The monoisotopic (exact) mass is 431 g/mol. The molecule has 0 spiro atoms. The van der Waals surface area contributed by atoms with Crippen LogP contribution in [-0.4, -0.2) is 34.0 Å². The summed E-state index contributed by atoms with van der Waals surface area (Å²) in [4.78, 5) is 29.5. The Morgan fingerprint density at radius 1 is 1.19 bits per heavy atom. The summed E-state index contributed by atoms with van der Waals surface area (Å²) >= 11 is 0. The molecule has 0 saturated heterocycles. The highest BCUT2D eigenvalue weighted by molar-refractivity contribution is 5.87. The maximum Gasteiger partial charge on any atom is 0.335 e. The summed E-state index contributed by atoms with van der Waals surface area (Å²) in [6.07, 6.45) is 0.641. The molecule has 1 aliphatic rings. The van der Waals surface area contributed by atoms with Crippen LogP contribution in [0.3, 0.4) is 0 Å². The summed E-state index contributed by atoms with van der Waals surface area (Å²) < 4.78 is 7.06. The van der Waals surface area contributed by atoms with E-state index < -0.39 is 11.5 Å². The summed E-state index contributed by atoms with van der Waals surface area (Å²) in [5, 5.41) is 20.1. The molecule has 0 bridgehead atoms. The van der Waals surface area contributed by atoms with Gasteiger partial charge in [-0.2, -0.15) is 0 Å². The molecule has 0 amide bonds. The Morgan fingerprint density at radius 2 is 1.88 bits per heavy atom. The number of para-hydroxylation sites is 2. The number of aromatic carboxylic acids is 1. The predicted octanol–water partition coefficient (Wildman–Crippen LogP) is 3.89. The van der Waals surface area contributed by atoms with Gasteiger partial charge in [-0.25, -0.2) is 9.64 Å². The van der Waals surface area contributed by atoms with Crippen molar-refractivity contribution in [1.82, 2.24) is 4.57 Å². The van der Waals surface area contributed by atoms with Gasteiger partial charge in [0.2, 0.25) is 0 Å². The molecule has 3 aromatic rings. The molecular formula is C24H21N3O5. The van der Waals surface area contributed by atoms with Gasteiger partial charge >= 0.3 is 5.97 Å². The van der Waals surface area contributed by atoms with Gasteiger partial charge in [0.1, 0.15) is 5.75 Å². The number of hydrogen-bond acceptors (Lipinski definition) is 5. The Kier molecular flexibility index (Phi) is 5.33. The number of ether oxygens (including phenoxy) is 1. The molecule has 1 aliphatic heterocycles. The molecule has 32 heavy (non-hydrogen) atoms. The topological polar surface area (TPSA) is 96.4 Å². The van der Waals surface area contributed by atoms with Crippen molar-refractivity contribution in [1.29, 1.82) is 0 Å². The summed E-state index contributed by atoms with van der Waals surface area (Å²) in [5.41, 5.74) is 1.49. The van der Waals surface area contributed by atoms with E-state index in [2.05, 4.69) is 4.85 Å². The largest absolute Gasteiger partial charge is 0.494 e. The average Bonchev–Trinajstić information content (AvgIpc) is 3.10. The Balaban J connectivity index is 1.70. The zero-order valence-electron chi connectivity index (χ0n) is 17.6. The summed E-state index contributed by atoms with van der Waals surface area (Å²) in [6, 6.07) is 13.3. The molecule has 1 atom stereocenters. The summed E-state index contributed by atoms with van der Waals surface area (Å²) in [5.74, 6) is -0.575. The Morgan fingerprint density at radius 3 is 2.50 bits per heavy atom. The van der Waals surface area contributed by atoms with Crippen LogP contribution < -0.4 is 15.2 Å². The Hall–Kier alpha value is -4.25. The van der Waals surface area contributed by atoms with Gasteiger partial charge in [0.25, 0.3) is 11.2 Å². The van der Waals surface area contributed by atoms with E-state index in [-0.39, 0.29) is 29.0 Å². The Bertz CT molecular complexity index is 1300. The number of aromatic hydroxyl groups is 1. The number of benzene rings is 2. The van der Waals surface area contributed by atoms with E-state index in [1.165, 1.54) is 24.3 Å². The highest BCUT2D eigenvalue weighted by atomic mass is 16.5. The number of rotatable bonds is 5. The lowest BCUT2D eigenvalue weighted by atomic mass is 10.0. The lowest BCUT2D eigenvalue weighted by Crippen LogP contribution is -2.31. The van der Waals surface area contributed by atoms with Gasteiger partial charge in [0, 0.05) is 19.0 Å². The average molecular weight is 431 g/mol. The van der Waals surface area contributed by atoms with Crippen molar-refractivity contribution in [3.63, 3.8) is 0 Å². The number of anilines is 1. The molecule has 8 heteroatoms. The van der Waals surface area contributed by atoms with Crippen LogP contribution >= 0.6 is 0 Å². The minimum Gasteiger partial charge on any atom is -0.494 e. The van der Waals surface area contributed by atoms with Crippen LogP contribution in [0.25, 0.3) is 10.5 Å². The first-order valence-electron chi connectivity index (χ1n) is 10.0. The van der Waals surface area contributed by atoms with Gasteiger partial charge < -0.3 is 19.8 Å². The molecule has 0 radical (unpaired) electrons. The Labute approximate surface area is 184 Å². The van der Waals surface area contributed by atoms with Crippen LogP contribution in [0, 0.1) is 13.5 Å². The lowest BCUT2D eigenvalue weighted by Gasteiger charge is -2.22. The fourth-order valence-electron chi connectivity index (χ4n) is 3.98. The molecule has 0 aliphatic carbocycles. The number of aromatic nitrogens is 1. The van der Waals surface area contributed by atoms with E-state index in [0.29, 0.717) is 24.0 Å². The second-order valence-electron chi connectivity index (χ2n) is 7.57. The fourth-order valence-corrected chi connectivity index (χ4v) is 3.98. The third-order valence-electron chi connectivity index (χ3n) is 5.76. The van der Waals surface area contributed by atoms with Crippen molar-refractivity contribution in [3.8, 4) is 17.3 Å². The minimum absolute atomic E-state index is 0.0556. The first-order valence-corrected chi connectivity index (χ1v) is 10.0. The first kappa shape index (κ1) is 21.0. The van der Waals surface area contributed by atoms with Crippen LogP contribution in [0.2, 0.25) is 0 Å². The fraction of sp³-hybridized carbons (Fsp3) is 0.208. The predicted molar refractivity (Wildman–Crippen MR) is 119 cm³/mol. The van der Waals surface area contributed by atoms with Crippen LogP contribution in [0.1, 0.15) is 27.9 Å². The van der Waals surface area contributed by atoms with Crippen LogP contribution in [-0.2, 0) is 6.42 Å².